The maximum absolute atomic E-state index is 4.67. The van der Waals surface area contributed by atoms with Crippen molar-refractivity contribution in [3.8, 4) is 5.82 Å². The van der Waals surface area contributed by atoms with Gasteiger partial charge in [0.25, 0.3) is 0 Å². The molecular formula is C17H20N4. The van der Waals surface area contributed by atoms with Gasteiger partial charge in [-0.1, -0.05) is 38.1 Å². The number of nitrogens with zero attached hydrogens (tertiary/aromatic N) is 3. The highest BCUT2D eigenvalue weighted by atomic mass is 15.1. The first-order valence-electron chi connectivity index (χ1n) is 7.27. The summed E-state index contributed by atoms with van der Waals surface area (Å²) in [7, 11) is 0. The molecule has 0 fully saturated rings. The zero-order chi connectivity index (χ0) is 14.8. The summed E-state index contributed by atoms with van der Waals surface area (Å²) in [4.78, 5) is 8.96. The van der Waals surface area contributed by atoms with Crippen LogP contribution in [0.15, 0.2) is 42.9 Å². The van der Waals surface area contributed by atoms with Crippen molar-refractivity contribution in [3.63, 3.8) is 0 Å². The Labute approximate surface area is 124 Å². The first-order valence-corrected chi connectivity index (χ1v) is 7.27. The van der Waals surface area contributed by atoms with Crippen LogP contribution in [0.5, 0.6) is 0 Å². The lowest BCUT2D eigenvalue weighted by atomic mass is 10.1. The van der Waals surface area contributed by atoms with Crippen LogP contribution in [0.2, 0.25) is 0 Å². The molecule has 2 heterocycles. The Hall–Kier alpha value is -2.20. The molecule has 0 bridgehead atoms. The Morgan fingerprint density at radius 3 is 2.57 bits per heavy atom. The van der Waals surface area contributed by atoms with Gasteiger partial charge < -0.3 is 5.32 Å². The number of imidazole rings is 1. The average molecular weight is 280 g/mol. The predicted octanol–water partition coefficient (Wildman–Crippen LogP) is 3.23. The Morgan fingerprint density at radius 1 is 1.14 bits per heavy atom. The molecule has 4 nitrogen and oxygen atoms in total. The average Bonchev–Trinajstić information content (AvgIpc) is 2.90. The normalized spacial score (nSPS) is 11.4. The third-order valence-electron chi connectivity index (χ3n) is 3.61. The van der Waals surface area contributed by atoms with Crippen LogP contribution in [0.4, 0.5) is 0 Å². The summed E-state index contributed by atoms with van der Waals surface area (Å²) in [5.41, 5.74) is 1.22. The van der Waals surface area contributed by atoms with E-state index in [-0.39, 0.29) is 0 Å². The van der Waals surface area contributed by atoms with Crippen molar-refractivity contribution >= 4 is 10.8 Å². The fourth-order valence-corrected chi connectivity index (χ4v) is 2.48. The molecule has 108 valence electrons. The smallest absolute Gasteiger partial charge is 0.145 e. The van der Waals surface area contributed by atoms with E-state index in [1.165, 1.54) is 10.9 Å². The summed E-state index contributed by atoms with van der Waals surface area (Å²) >= 11 is 0. The second kappa shape index (κ2) is 5.66. The Kier molecular flexibility index (Phi) is 3.71. The SMILES string of the molecule is Cc1nccn1-c1ncc(CNC(C)C)c2ccccc12. The third-order valence-corrected chi connectivity index (χ3v) is 3.61. The van der Waals surface area contributed by atoms with Gasteiger partial charge in [0.2, 0.25) is 0 Å². The summed E-state index contributed by atoms with van der Waals surface area (Å²) in [6, 6.07) is 8.87. The van der Waals surface area contributed by atoms with Crippen molar-refractivity contribution in [2.75, 3.05) is 0 Å². The molecule has 0 aliphatic rings. The molecule has 4 heteroatoms. The number of hydrogen-bond acceptors (Lipinski definition) is 3. The largest absolute Gasteiger partial charge is 0.310 e. The van der Waals surface area contributed by atoms with Crippen molar-refractivity contribution in [3.05, 3.63) is 54.2 Å². The van der Waals surface area contributed by atoms with Crippen molar-refractivity contribution in [1.82, 2.24) is 19.9 Å². The molecule has 0 aliphatic carbocycles. The molecular weight excluding hydrogens is 260 g/mol. The first-order chi connectivity index (χ1) is 10.2. The molecule has 0 radical (unpaired) electrons. The van der Waals surface area contributed by atoms with Crippen LogP contribution in [0, 0.1) is 6.92 Å². The lowest BCUT2D eigenvalue weighted by molar-refractivity contribution is 0.590. The van der Waals surface area contributed by atoms with Gasteiger partial charge in [0.05, 0.1) is 0 Å². The van der Waals surface area contributed by atoms with Gasteiger partial charge in [-0.25, -0.2) is 9.97 Å². The zero-order valence-corrected chi connectivity index (χ0v) is 12.7. The molecule has 3 rings (SSSR count). The number of hydrogen-bond donors (Lipinski definition) is 1. The van der Waals surface area contributed by atoms with E-state index < -0.39 is 0 Å². The van der Waals surface area contributed by atoms with Crippen LogP contribution in [0.1, 0.15) is 25.2 Å². The number of aryl methyl sites for hydroxylation is 1. The molecule has 0 spiro atoms. The summed E-state index contributed by atoms with van der Waals surface area (Å²) in [6.07, 6.45) is 5.72. The number of rotatable bonds is 4. The topological polar surface area (TPSA) is 42.7 Å². The second-order valence-electron chi connectivity index (χ2n) is 5.53. The number of aromatic nitrogens is 3. The summed E-state index contributed by atoms with van der Waals surface area (Å²) < 4.78 is 2.03. The van der Waals surface area contributed by atoms with Crippen LogP contribution in [0.25, 0.3) is 16.6 Å². The third kappa shape index (κ3) is 2.67. The van der Waals surface area contributed by atoms with Crippen LogP contribution in [-0.4, -0.2) is 20.6 Å². The summed E-state index contributed by atoms with van der Waals surface area (Å²) in [5.74, 6) is 1.88. The second-order valence-corrected chi connectivity index (χ2v) is 5.53. The summed E-state index contributed by atoms with van der Waals surface area (Å²) in [5, 5.41) is 5.85. The Morgan fingerprint density at radius 2 is 1.90 bits per heavy atom. The van der Waals surface area contributed by atoms with Crippen molar-refractivity contribution < 1.29 is 0 Å². The van der Waals surface area contributed by atoms with Crippen LogP contribution >= 0.6 is 0 Å². The number of benzene rings is 1. The molecule has 0 aliphatic heterocycles. The van der Waals surface area contributed by atoms with Gasteiger partial charge in [-0.15, -0.1) is 0 Å². The van der Waals surface area contributed by atoms with Crippen LogP contribution < -0.4 is 5.32 Å². The molecule has 2 aromatic heterocycles. The van der Waals surface area contributed by atoms with Crippen molar-refractivity contribution in [2.24, 2.45) is 0 Å². The highest BCUT2D eigenvalue weighted by Gasteiger charge is 2.10. The quantitative estimate of drug-likeness (QED) is 0.798. The minimum atomic E-state index is 0.458. The van der Waals surface area contributed by atoms with Crippen molar-refractivity contribution in [2.45, 2.75) is 33.4 Å². The van der Waals surface area contributed by atoms with Gasteiger partial charge in [0, 0.05) is 36.6 Å². The van der Waals surface area contributed by atoms with Crippen LogP contribution in [0.3, 0.4) is 0 Å². The lowest BCUT2D eigenvalue weighted by Gasteiger charge is -2.13. The molecule has 1 aromatic carbocycles. The Balaban J connectivity index is 2.13. The molecule has 0 atom stereocenters. The maximum atomic E-state index is 4.67. The standard InChI is InChI=1S/C17H20N4/c1-12(2)19-10-14-11-20-17(21-9-8-18-13(21)3)16-7-5-4-6-15(14)16/h4-9,11-12,19H,10H2,1-3H3. The van der Waals surface area contributed by atoms with Gasteiger partial charge in [-0.2, -0.15) is 0 Å². The minimum Gasteiger partial charge on any atom is -0.310 e. The van der Waals surface area contributed by atoms with Crippen molar-refractivity contribution in [1.29, 1.82) is 0 Å². The monoisotopic (exact) mass is 280 g/mol. The van der Waals surface area contributed by atoms with Gasteiger partial charge in [-0.05, 0) is 17.9 Å². The molecule has 1 N–H and O–H groups in total. The Bertz CT molecular complexity index is 758. The van der Waals surface area contributed by atoms with E-state index in [4.69, 9.17) is 0 Å². The fraction of sp³-hybridized carbons (Fsp3) is 0.294. The van der Waals surface area contributed by atoms with E-state index in [1.807, 2.05) is 23.9 Å². The minimum absolute atomic E-state index is 0.458. The van der Waals surface area contributed by atoms with E-state index in [0.717, 1.165) is 23.6 Å². The number of pyridine rings is 1. The van der Waals surface area contributed by atoms with E-state index in [0.29, 0.717) is 6.04 Å². The van der Waals surface area contributed by atoms with Gasteiger partial charge in [-0.3, -0.25) is 4.57 Å². The van der Waals surface area contributed by atoms with E-state index in [2.05, 4.69) is 53.4 Å². The molecule has 0 unspecified atom stereocenters. The van der Waals surface area contributed by atoms with Gasteiger partial charge >= 0.3 is 0 Å². The van der Waals surface area contributed by atoms with E-state index in [1.54, 1.807) is 6.20 Å². The predicted molar refractivity (Wildman–Crippen MR) is 85.6 cm³/mol. The van der Waals surface area contributed by atoms with Gasteiger partial charge in [0.15, 0.2) is 0 Å². The lowest BCUT2D eigenvalue weighted by Crippen LogP contribution is -2.22. The van der Waals surface area contributed by atoms with E-state index in [9.17, 15) is 0 Å². The highest BCUT2D eigenvalue weighted by Crippen LogP contribution is 2.24. The maximum Gasteiger partial charge on any atom is 0.145 e. The number of nitrogens with one attached hydrogen (secondary N) is 1. The molecule has 0 saturated carbocycles. The fourth-order valence-electron chi connectivity index (χ4n) is 2.48. The van der Waals surface area contributed by atoms with Gasteiger partial charge in [0.1, 0.15) is 11.6 Å². The molecule has 21 heavy (non-hydrogen) atoms. The molecule has 0 amide bonds. The van der Waals surface area contributed by atoms with Crippen LogP contribution in [-0.2, 0) is 6.54 Å². The molecule has 3 aromatic rings. The summed E-state index contributed by atoms with van der Waals surface area (Å²) in [6.45, 7) is 7.12. The zero-order valence-electron chi connectivity index (χ0n) is 12.7. The molecule has 0 saturated heterocycles. The highest BCUT2D eigenvalue weighted by molar-refractivity contribution is 5.91. The first kappa shape index (κ1) is 13.8. The number of fused-ring (bicyclic) bond motifs is 1. The van der Waals surface area contributed by atoms with E-state index >= 15 is 0 Å².